The van der Waals surface area contributed by atoms with E-state index in [2.05, 4.69) is 44.9 Å². The molecule has 0 spiro atoms. The van der Waals surface area contributed by atoms with Gasteiger partial charge >= 0.3 is 0 Å². The van der Waals surface area contributed by atoms with Crippen LogP contribution in [0.1, 0.15) is 0 Å². The molecule has 0 aliphatic heterocycles. The number of pyridine rings is 2. The standard InChI is InChI=1S/C18H23ClN4OSi.C12H9ClN4/c1-25(2,3)11-10-24-12-23-9-8-17(22-23)16-6-4-13-15(21-16)7-5-14(19)18(13)20;13-8-2-4-9-7(12(8)14)1-3-10(16-9)11-5-6-15-17-11/h4-9H,10-12,20H2,1-3H3;1-6H,14H2,(H,15,17). The molecule has 0 radical (unpaired) electrons. The number of ether oxygens (including phenoxy) is 1. The van der Waals surface area contributed by atoms with Crippen LogP contribution in [0.5, 0.6) is 0 Å². The summed E-state index contributed by atoms with van der Waals surface area (Å²) in [7, 11) is -1.06. The third-order valence-corrected chi connectivity index (χ3v) is 8.97. The first-order chi connectivity index (χ1) is 20.1. The van der Waals surface area contributed by atoms with Gasteiger partial charge in [-0.3, -0.25) is 5.10 Å². The summed E-state index contributed by atoms with van der Waals surface area (Å²) < 4.78 is 7.52. The third kappa shape index (κ3) is 6.91. The van der Waals surface area contributed by atoms with Crippen LogP contribution in [0.3, 0.4) is 0 Å². The predicted molar refractivity (Wildman–Crippen MR) is 175 cm³/mol. The molecule has 4 heterocycles. The lowest BCUT2D eigenvalue weighted by atomic mass is 10.1. The van der Waals surface area contributed by atoms with E-state index in [1.165, 1.54) is 0 Å². The minimum atomic E-state index is -1.06. The Hall–Kier alpha value is -3.96. The SMILES string of the molecule is C[Si](C)(C)CCOCn1ccc(-c2ccc3c(N)c(Cl)ccc3n2)n1.Nc1c(Cl)ccc2nc(-c3cc[nH]n3)ccc12. The van der Waals surface area contributed by atoms with Crippen molar-refractivity contribution >= 4 is 64.5 Å². The van der Waals surface area contributed by atoms with Crippen molar-refractivity contribution in [3.63, 3.8) is 0 Å². The summed E-state index contributed by atoms with van der Waals surface area (Å²) in [6, 6.07) is 19.8. The molecule has 0 fully saturated rings. The van der Waals surface area contributed by atoms with Gasteiger partial charge < -0.3 is 16.2 Å². The number of halogens is 2. The minimum Gasteiger partial charge on any atom is -0.397 e. The van der Waals surface area contributed by atoms with Gasteiger partial charge in [0.05, 0.1) is 43.8 Å². The van der Waals surface area contributed by atoms with Crippen molar-refractivity contribution in [1.29, 1.82) is 0 Å². The van der Waals surface area contributed by atoms with Crippen molar-refractivity contribution in [3.05, 3.63) is 83.1 Å². The summed E-state index contributed by atoms with van der Waals surface area (Å²) in [6.07, 6.45) is 3.67. The second-order valence-corrected chi connectivity index (χ2v) is 17.4. The minimum absolute atomic E-state index is 0.459. The number of nitrogen functional groups attached to an aromatic ring is 2. The van der Waals surface area contributed by atoms with Gasteiger partial charge in [0, 0.05) is 37.8 Å². The van der Waals surface area contributed by atoms with Gasteiger partial charge in [-0.15, -0.1) is 0 Å². The average Bonchev–Trinajstić information content (AvgIpc) is 3.68. The third-order valence-electron chi connectivity index (χ3n) is 6.61. The molecular formula is C30H32Cl2N8OSi. The van der Waals surface area contributed by atoms with E-state index in [9.17, 15) is 0 Å². The van der Waals surface area contributed by atoms with Crippen LogP contribution in [0.2, 0.25) is 35.7 Å². The lowest BCUT2D eigenvalue weighted by Crippen LogP contribution is -2.22. The van der Waals surface area contributed by atoms with E-state index < -0.39 is 8.07 Å². The molecule has 6 aromatic rings. The van der Waals surface area contributed by atoms with Gasteiger partial charge in [-0.2, -0.15) is 10.2 Å². The molecule has 0 aliphatic rings. The number of fused-ring (bicyclic) bond motifs is 2. The number of nitrogens with two attached hydrogens (primary N) is 2. The highest BCUT2D eigenvalue weighted by Gasteiger charge is 2.13. The van der Waals surface area contributed by atoms with Crippen molar-refractivity contribution in [2.45, 2.75) is 32.4 Å². The lowest BCUT2D eigenvalue weighted by Gasteiger charge is -2.15. The molecule has 0 amide bonds. The summed E-state index contributed by atoms with van der Waals surface area (Å²) in [5, 5.41) is 14.2. The van der Waals surface area contributed by atoms with Crippen molar-refractivity contribution < 1.29 is 4.74 Å². The second-order valence-electron chi connectivity index (χ2n) is 11.0. The molecule has 5 N–H and O–H groups in total. The monoisotopic (exact) mass is 618 g/mol. The van der Waals surface area contributed by atoms with E-state index in [0.29, 0.717) is 28.2 Å². The van der Waals surface area contributed by atoms with Gasteiger partial charge in [-0.25, -0.2) is 14.6 Å². The Bertz CT molecular complexity index is 1830. The lowest BCUT2D eigenvalue weighted by molar-refractivity contribution is 0.0787. The number of rotatable bonds is 7. The maximum absolute atomic E-state index is 6.06. The maximum atomic E-state index is 6.06. The molecule has 0 saturated carbocycles. The van der Waals surface area contributed by atoms with Crippen LogP contribution in [0.15, 0.2) is 73.1 Å². The first-order valence-corrected chi connectivity index (χ1v) is 17.9. The maximum Gasteiger partial charge on any atom is 0.139 e. The average molecular weight is 620 g/mol. The zero-order valence-corrected chi connectivity index (χ0v) is 26.1. The van der Waals surface area contributed by atoms with Crippen molar-refractivity contribution in [2.24, 2.45) is 0 Å². The van der Waals surface area contributed by atoms with E-state index in [0.717, 1.165) is 57.2 Å². The zero-order chi connectivity index (χ0) is 29.9. The molecule has 42 heavy (non-hydrogen) atoms. The molecule has 9 nitrogen and oxygen atoms in total. The number of benzene rings is 2. The summed E-state index contributed by atoms with van der Waals surface area (Å²) in [5.41, 5.74) is 17.9. The number of nitrogens with zero attached hydrogens (tertiary/aromatic N) is 5. The van der Waals surface area contributed by atoms with Gasteiger partial charge in [0.25, 0.3) is 0 Å². The van der Waals surface area contributed by atoms with Gasteiger partial charge in [-0.1, -0.05) is 42.8 Å². The fourth-order valence-electron chi connectivity index (χ4n) is 4.20. The van der Waals surface area contributed by atoms with Crippen LogP contribution in [0.25, 0.3) is 44.6 Å². The topological polar surface area (TPSA) is 134 Å². The molecule has 0 bridgehead atoms. The van der Waals surface area contributed by atoms with E-state index >= 15 is 0 Å². The highest BCUT2D eigenvalue weighted by Crippen LogP contribution is 2.30. The Morgan fingerprint density at radius 1 is 0.762 bits per heavy atom. The molecule has 4 aromatic heterocycles. The van der Waals surface area contributed by atoms with Crippen molar-refractivity contribution in [2.75, 3.05) is 18.1 Å². The van der Waals surface area contributed by atoms with Crippen LogP contribution in [0, 0.1) is 0 Å². The van der Waals surface area contributed by atoms with Gasteiger partial charge in [0.2, 0.25) is 0 Å². The number of aromatic nitrogens is 6. The summed E-state index contributed by atoms with van der Waals surface area (Å²) in [4.78, 5) is 9.14. The van der Waals surface area contributed by atoms with E-state index in [1.54, 1.807) is 23.0 Å². The fraction of sp³-hybridized carbons (Fsp3) is 0.200. The second kappa shape index (κ2) is 12.5. The predicted octanol–water partition coefficient (Wildman–Crippen LogP) is 7.51. The van der Waals surface area contributed by atoms with E-state index in [4.69, 9.17) is 39.4 Å². The molecule has 0 atom stereocenters. The summed E-state index contributed by atoms with van der Waals surface area (Å²) in [5.74, 6) is 0. The van der Waals surface area contributed by atoms with Gasteiger partial charge in [-0.05, 0) is 66.7 Å². The van der Waals surface area contributed by atoms with Crippen LogP contribution in [-0.4, -0.2) is 44.6 Å². The number of hydrogen-bond donors (Lipinski definition) is 3. The first-order valence-electron chi connectivity index (χ1n) is 13.4. The quantitative estimate of drug-likeness (QED) is 0.0957. The van der Waals surface area contributed by atoms with Crippen LogP contribution < -0.4 is 11.5 Å². The van der Waals surface area contributed by atoms with E-state index in [1.807, 2.05) is 54.7 Å². The smallest absolute Gasteiger partial charge is 0.139 e. The van der Waals surface area contributed by atoms with Crippen LogP contribution in [-0.2, 0) is 11.5 Å². The molecule has 216 valence electrons. The summed E-state index contributed by atoms with van der Waals surface area (Å²) in [6.45, 7) is 8.26. The molecule has 0 saturated heterocycles. The Morgan fingerprint density at radius 3 is 1.90 bits per heavy atom. The fourth-order valence-corrected chi connectivity index (χ4v) is 5.28. The molecule has 0 unspecified atom stereocenters. The Kier molecular flexibility index (Phi) is 8.79. The number of nitrogens with one attached hydrogen (secondary N) is 1. The van der Waals surface area contributed by atoms with Crippen LogP contribution >= 0.6 is 23.2 Å². The van der Waals surface area contributed by atoms with E-state index in [-0.39, 0.29) is 0 Å². The van der Waals surface area contributed by atoms with Crippen molar-refractivity contribution in [1.82, 2.24) is 29.9 Å². The highest BCUT2D eigenvalue weighted by molar-refractivity contribution is 6.76. The Morgan fingerprint density at radius 2 is 1.36 bits per heavy atom. The summed E-state index contributed by atoms with van der Waals surface area (Å²) >= 11 is 12.0. The number of aromatic amines is 1. The largest absolute Gasteiger partial charge is 0.397 e. The number of H-pyrrole nitrogens is 1. The highest BCUT2D eigenvalue weighted by atomic mass is 35.5. The van der Waals surface area contributed by atoms with Gasteiger partial charge in [0.15, 0.2) is 0 Å². The number of hydrogen-bond acceptors (Lipinski definition) is 7. The van der Waals surface area contributed by atoms with Gasteiger partial charge in [0.1, 0.15) is 18.1 Å². The number of anilines is 2. The molecule has 2 aromatic carbocycles. The zero-order valence-electron chi connectivity index (χ0n) is 23.6. The Balaban J connectivity index is 0.000000180. The molecule has 6 rings (SSSR count). The first kappa shape index (κ1) is 29.5. The van der Waals surface area contributed by atoms with Crippen LogP contribution in [0.4, 0.5) is 11.4 Å². The molecule has 0 aliphatic carbocycles. The van der Waals surface area contributed by atoms with Crippen molar-refractivity contribution in [3.8, 4) is 22.8 Å². The Labute approximate surface area is 254 Å². The normalized spacial score (nSPS) is 11.5. The molecular weight excluding hydrogens is 587 g/mol. The molecule has 12 heteroatoms.